The van der Waals surface area contributed by atoms with Gasteiger partial charge in [-0.1, -0.05) is 60.3 Å². The molecule has 0 bridgehead atoms. The van der Waals surface area contributed by atoms with Crippen molar-refractivity contribution in [1.29, 1.82) is 0 Å². The molecule has 1 aromatic heterocycles. The van der Waals surface area contributed by atoms with E-state index in [0.29, 0.717) is 23.3 Å². The molecule has 2 aromatic carbocycles. The first-order chi connectivity index (χ1) is 17.2. The zero-order valence-electron chi connectivity index (χ0n) is 18.9. The maximum atomic E-state index is 13.5. The Kier molecular flexibility index (Phi) is 9.39. The Morgan fingerprint density at radius 1 is 0.737 bits per heavy atom. The first-order valence-corrected chi connectivity index (χ1v) is 10.4. The number of aromatic nitrogens is 1. The minimum Gasteiger partial charge on any atom is -0.507 e. The van der Waals surface area contributed by atoms with Crippen LogP contribution in [0.1, 0.15) is 16.8 Å². The Balaban J connectivity index is 0.000000263. The summed E-state index contributed by atoms with van der Waals surface area (Å²) in [6, 6.07) is 21.2. The topological polar surface area (TPSA) is 54.5 Å². The Hall–Kier alpha value is -3.37. The van der Waals surface area contributed by atoms with Gasteiger partial charge in [0.1, 0.15) is 5.76 Å². The van der Waals surface area contributed by atoms with Crippen molar-refractivity contribution in [2.75, 3.05) is 0 Å². The zero-order chi connectivity index (χ0) is 27.5. The van der Waals surface area contributed by atoms with E-state index in [1.165, 1.54) is 12.1 Å². The van der Waals surface area contributed by atoms with E-state index in [-0.39, 0.29) is 31.6 Å². The summed E-state index contributed by atoms with van der Waals surface area (Å²) in [5.74, 6) is -23.5. The number of aliphatic hydroxyl groups excluding tert-OH is 1. The molecule has 203 valence electrons. The summed E-state index contributed by atoms with van der Waals surface area (Å²) in [5, 5.41) is 9.83. The minimum atomic E-state index is -6.28. The summed E-state index contributed by atoms with van der Waals surface area (Å²) in [5.41, 5.74) is -1.68. The third-order valence-electron chi connectivity index (χ3n) is 5.11. The van der Waals surface area contributed by atoms with Crippen molar-refractivity contribution >= 4 is 17.1 Å². The molecule has 1 aliphatic rings. The number of allylic oxidation sites excluding steroid dienone is 3. The smallest absolute Gasteiger partial charge is 0.378 e. The Labute approximate surface area is 224 Å². The third kappa shape index (κ3) is 5.86. The second-order valence-electron chi connectivity index (χ2n) is 7.66. The third-order valence-corrected chi connectivity index (χ3v) is 5.11. The van der Waals surface area contributed by atoms with Crippen molar-refractivity contribution in [3.63, 3.8) is 0 Å². The summed E-state index contributed by atoms with van der Waals surface area (Å²) >= 11 is 0. The van der Waals surface area contributed by atoms with E-state index in [1.54, 1.807) is 24.3 Å². The summed E-state index contributed by atoms with van der Waals surface area (Å²) in [6.07, 6.45) is 2.70. The fraction of sp³-hybridized carbons (Fsp3) is 0.154. The summed E-state index contributed by atoms with van der Waals surface area (Å²) in [7, 11) is 0. The van der Waals surface area contributed by atoms with Crippen LogP contribution in [0.25, 0.3) is 11.3 Å². The van der Waals surface area contributed by atoms with Gasteiger partial charge in [-0.25, -0.2) is 8.78 Å². The van der Waals surface area contributed by atoms with Gasteiger partial charge >= 0.3 is 23.6 Å². The number of hydrogen-bond donors (Lipinski definition) is 1. The molecule has 1 heterocycles. The van der Waals surface area contributed by atoms with Crippen molar-refractivity contribution < 1.29 is 65.1 Å². The largest absolute Gasteiger partial charge is 0.507 e. The molecule has 0 amide bonds. The molecule has 0 fully saturated rings. The standard InChI is InChI=1S/C15H12O2.C11H4F8N.Ir/c16-14(12-7-3-1-4-8-12)11-15(17)13-9-5-2-6-10-13;12-8(13)5-6(7-3-1-2-4-20-7)9(14,15)11(18,19)10(8,16)17;/h1-11,16H;1-4H;/q;-1;/p+1/b14-11-;;. The number of nitrogens with zero attached hydrogens (tertiary/aromatic N) is 1. The number of aliphatic hydroxyl groups is 1. The molecule has 3 nitrogen and oxygen atoms in total. The van der Waals surface area contributed by atoms with Crippen LogP contribution in [0.5, 0.6) is 0 Å². The van der Waals surface area contributed by atoms with Gasteiger partial charge in [0.15, 0.2) is 0 Å². The maximum Gasteiger partial charge on any atom is 0.378 e. The van der Waals surface area contributed by atoms with Gasteiger partial charge in [-0.3, -0.25) is 4.79 Å². The molecule has 0 saturated carbocycles. The van der Waals surface area contributed by atoms with Gasteiger partial charge in [0.25, 0.3) is 5.92 Å². The van der Waals surface area contributed by atoms with E-state index in [2.05, 4.69) is 4.98 Å². The molecule has 4 rings (SSSR count). The molecule has 12 heteroatoms. The number of carbonyl (C=O) groups excluding carboxylic acids is 1. The second-order valence-corrected chi connectivity index (χ2v) is 7.66. The molecule has 38 heavy (non-hydrogen) atoms. The van der Waals surface area contributed by atoms with E-state index in [1.807, 2.05) is 36.4 Å². The average molecular weight is 720 g/mol. The molecule has 0 saturated heterocycles. The SMILES string of the molecule is FC1(F)[C-]=C(c2ccccn2)C(F)(F)C(F)(F)C1(F)F.O/C(=C\C(=[OH+])c1ccccc1)c1ccccc1.[Ir]. The fourth-order valence-corrected chi connectivity index (χ4v) is 3.11. The quantitative estimate of drug-likeness (QED) is 0.0790. The number of benzene rings is 2. The van der Waals surface area contributed by atoms with E-state index >= 15 is 0 Å². The van der Waals surface area contributed by atoms with Crippen LogP contribution in [0.3, 0.4) is 0 Å². The predicted molar refractivity (Wildman–Crippen MR) is 120 cm³/mol. The first kappa shape index (κ1) is 30.9. The van der Waals surface area contributed by atoms with Gasteiger partial charge in [-0.05, 0) is 18.2 Å². The van der Waals surface area contributed by atoms with Crippen molar-refractivity contribution in [2.45, 2.75) is 23.7 Å². The van der Waals surface area contributed by atoms with Gasteiger partial charge < -0.3 is 10.1 Å². The van der Waals surface area contributed by atoms with Crippen molar-refractivity contribution in [3.05, 3.63) is 114 Å². The van der Waals surface area contributed by atoms with E-state index in [9.17, 15) is 45.0 Å². The molecular weight excluding hydrogens is 702 g/mol. The van der Waals surface area contributed by atoms with Crippen molar-refractivity contribution in [3.8, 4) is 0 Å². The maximum absolute atomic E-state index is 13.5. The van der Waals surface area contributed by atoms with Crippen molar-refractivity contribution in [2.24, 2.45) is 0 Å². The summed E-state index contributed by atoms with van der Waals surface area (Å²) < 4.78 is 105. The van der Waals surface area contributed by atoms with Crippen LogP contribution in [0.4, 0.5) is 35.1 Å². The number of rotatable bonds is 4. The molecule has 3 aromatic rings. The van der Waals surface area contributed by atoms with Gasteiger partial charge in [0, 0.05) is 31.9 Å². The van der Waals surface area contributed by atoms with Gasteiger partial charge in [0.05, 0.1) is 11.6 Å². The Morgan fingerprint density at radius 3 is 1.74 bits per heavy atom. The number of alkyl halides is 8. The first-order valence-electron chi connectivity index (χ1n) is 10.4. The van der Waals surface area contributed by atoms with Crippen LogP contribution in [-0.2, 0) is 20.1 Å². The monoisotopic (exact) mass is 720 g/mol. The van der Waals surface area contributed by atoms with Gasteiger partial charge in [-0.15, -0.1) is 11.6 Å². The number of hydrogen-bond acceptors (Lipinski definition) is 2. The molecule has 1 radical (unpaired) electrons. The van der Waals surface area contributed by atoms with Gasteiger partial charge in [0.2, 0.25) is 0 Å². The molecule has 0 spiro atoms. The second kappa shape index (κ2) is 11.6. The number of ketones is 1. The molecule has 2 N–H and O–H groups in total. The van der Waals surface area contributed by atoms with Crippen LogP contribution in [-0.4, -0.2) is 44.4 Å². The van der Waals surface area contributed by atoms with Crippen LogP contribution in [0.15, 0.2) is 91.1 Å². The van der Waals surface area contributed by atoms with E-state index < -0.39 is 35.0 Å². The normalized spacial score (nSPS) is 18.6. The number of pyridine rings is 1. The predicted octanol–water partition coefficient (Wildman–Crippen LogP) is 7.00. The average Bonchev–Trinajstić information content (AvgIpc) is 2.88. The molecule has 0 unspecified atom stereocenters. The molecular formula is C26H17F8IrNO2. The Morgan fingerprint density at radius 2 is 1.24 bits per heavy atom. The van der Waals surface area contributed by atoms with Crippen LogP contribution in [0.2, 0.25) is 0 Å². The van der Waals surface area contributed by atoms with Crippen LogP contribution < -0.4 is 0 Å². The molecule has 0 atom stereocenters. The minimum absolute atomic E-state index is 0. The number of halogens is 8. The van der Waals surface area contributed by atoms with E-state index in [0.717, 1.165) is 12.3 Å². The van der Waals surface area contributed by atoms with Crippen LogP contribution >= 0.6 is 0 Å². The van der Waals surface area contributed by atoms with Crippen molar-refractivity contribution in [1.82, 2.24) is 4.98 Å². The fourth-order valence-electron chi connectivity index (χ4n) is 3.11. The zero-order valence-corrected chi connectivity index (χ0v) is 21.3. The van der Waals surface area contributed by atoms with Gasteiger partial charge in [-0.2, -0.15) is 32.4 Å². The van der Waals surface area contributed by atoms with Crippen LogP contribution in [0, 0.1) is 6.08 Å². The summed E-state index contributed by atoms with van der Waals surface area (Å²) in [4.78, 5) is 13.0. The summed E-state index contributed by atoms with van der Waals surface area (Å²) in [6.45, 7) is 0. The Bertz CT molecular complexity index is 1300. The van der Waals surface area contributed by atoms with E-state index in [4.69, 9.17) is 0 Å². The molecule has 1 aliphatic carbocycles. The molecule has 0 aliphatic heterocycles.